The minimum Gasteiger partial charge on any atom is -0.389 e. The standard InChI is InChI=1S/C10H19NO4/c1-5-7(11)8(12)9-6(14-5)4-13-10(2,3)15-9/h5-9,12H,4,11H2,1-3H3/t5-,6?,7?,8?,9+/m0/s1. The van der Waals surface area contributed by atoms with Gasteiger partial charge in [-0.3, -0.25) is 0 Å². The first kappa shape index (κ1) is 11.3. The third kappa shape index (κ3) is 2.03. The molecule has 88 valence electrons. The Kier molecular flexibility index (Phi) is 2.77. The summed E-state index contributed by atoms with van der Waals surface area (Å²) in [6, 6.07) is -0.403. The van der Waals surface area contributed by atoms with E-state index in [1.165, 1.54) is 0 Å². The summed E-state index contributed by atoms with van der Waals surface area (Å²) < 4.78 is 16.7. The lowest BCUT2D eigenvalue weighted by Gasteiger charge is -2.48. The van der Waals surface area contributed by atoms with Crippen LogP contribution in [0.4, 0.5) is 0 Å². The number of hydrogen-bond donors (Lipinski definition) is 2. The van der Waals surface area contributed by atoms with Crippen LogP contribution in [0.3, 0.4) is 0 Å². The molecule has 3 unspecified atom stereocenters. The Bertz CT molecular complexity index is 244. The first-order valence-corrected chi connectivity index (χ1v) is 5.31. The lowest BCUT2D eigenvalue weighted by atomic mass is 9.93. The third-order valence-electron chi connectivity index (χ3n) is 3.04. The highest BCUT2D eigenvalue weighted by molar-refractivity contribution is 4.96. The molecule has 0 aromatic carbocycles. The number of nitrogens with two attached hydrogens (primary N) is 1. The minimum atomic E-state index is -0.693. The monoisotopic (exact) mass is 217 g/mol. The molecule has 15 heavy (non-hydrogen) atoms. The average Bonchev–Trinajstić information content (AvgIpc) is 2.16. The van der Waals surface area contributed by atoms with Crippen molar-refractivity contribution < 1.29 is 19.3 Å². The van der Waals surface area contributed by atoms with Gasteiger partial charge in [0.2, 0.25) is 0 Å². The highest BCUT2D eigenvalue weighted by atomic mass is 16.7. The molecule has 2 aliphatic heterocycles. The molecule has 2 fully saturated rings. The van der Waals surface area contributed by atoms with Gasteiger partial charge in [0, 0.05) is 0 Å². The van der Waals surface area contributed by atoms with E-state index < -0.39 is 17.9 Å². The van der Waals surface area contributed by atoms with Crippen LogP contribution in [0.25, 0.3) is 0 Å². The second-order valence-electron chi connectivity index (χ2n) is 4.74. The van der Waals surface area contributed by atoms with Crippen molar-refractivity contribution in [3.63, 3.8) is 0 Å². The van der Waals surface area contributed by atoms with E-state index in [0.29, 0.717) is 6.61 Å². The van der Waals surface area contributed by atoms with E-state index in [1.54, 1.807) is 0 Å². The second kappa shape index (κ2) is 3.68. The Hall–Kier alpha value is -0.200. The van der Waals surface area contributed by atoms with Crippen molar-refractivity contribution in [3.05, 3.63) is 0 Å². The summed E-state index contributed by atoms with van der Waals surface area (Å²) in [6.45, 7) is 5.93. The molecule has 2 heterocycles. The molecule has 5 atom stereocenters. The van der Waals surface area contributed by atoms with E-state index in [-0.39, 0.29) is 18.3 Å². The summed E-state index contributed by atoms with van der Waals surface area (Å²) in [7, 11) is 0. The molecule has 0 spiro atoms. The minimum absolute atomic E-state index is 0.172. The molecule has 0 aromatic rings. The molecule has 0 aliphatic carbocycles. The molecular weight excluding hydrogens is 198 g/mol. The maximum atomic E-state index is 9.99. The number of rotatable bonds is 0. The zero-order valence-electron chi connectivity index (χ0n) is 9.34. The van der Waals surface area contributed by atoms with Gasteiger partial charge >= 0.3 is 0 Å². The zero-order valence-corrected chi connectivity index (χ0v) is 9.34. The Morgan fingerprint density at radius 2 is 2.07 bits per heavy atom. The van der Waals surface area contributed by atoms with E-state index in [9.17, 15) is 5.11 Å². The average molecular weight is 217 g/mol. The van der Waals surface area contributed by atoms with Gasteiger partial charge in [0.05, 0.1) is 18.8 Å². The van der Waals surface area contributed by atoms with Gasteiger partial charge in [-0.25, -0.2) is 0 Å². The quantitative estimate of drug-likeness (QED) is 0.578. The van der Waals surface area contributed by atoms with Gasteiger partial charge in [0.25, 0.3) is 0 Å². The molecule has 2 aliphatic rings. The molecule has 5 heteroatoms. The summed E-state index contributed by atoms with van der Waals surface area (Å²) in [5.41, 5.74) is 5.82. The van der Waals surface area contributed by atoms with Crippen LogP contribution in [0, 0.1) is 0 Å². The molecule has 2 saturated heterocycles. The van der Waals surface area contributed by atoms with Gasteiger partial charge < -0.3 is 25.1 Å². The Labute approximate surface area is 89.5 Å². The molecule has 2 rings (SSSR count). The summed E-state index contributed by atoms with van der Waals surface area (Å²) in [6.07, 6.45) is -1.47. The summed E-state index contributed by atoms with van der Waals surface area (Å²) in [4.78, 5) is 0. The number of fused-ring (bicyclic) bond motifs is 1. The lowest BCUT2D eigenvalue weighted by Crippen LogP contribution is -2.65. The fraction of sp³-hybridized carbons (Fsp3) is 1.00. The Morgan fingerprint density at radius 1 is 1.40 bits per heavy atom. The maximum Gasteiger partial charge on any atom is 0.163 e. The fourth-order valence-corrected chi connectivity index (χ4v) is 2.08. The van der Waals surface area contributed by atoms with Crippen LogP contribution in [0.2, 0.25) is 0 Å². The normalized spacial score (nSPS) is 49.8. The van der Waals surface area contributed by atoms with E-state index in [4.69, 9.17) is 19.9 Å². The predicted molar refractivity (Wildman–Crippen MR) is 53.2 cm³/mol. The van der Waals surface area contributed by atoms with Crippen molar-refractivity contribution in [3.8, 4) is 0 Å². The molecule has 0 saturated carbocycles. The van der Waals surface area contributed by atoms with Crippen LogP contribution in [-0.2, 0) is 14.2 Å². The second-order valence-corrected chi connectivity index (χ2v) is 4.74. The first-order valence-electron chi connectivity index (χ1n) is 5.31. The SMILES string of the molecule is C[C@@H]1OC2COC(C)(C)O[C@H]2C(O)C1N. The highest BCUT2D eigenvalue weighted by Gasteiger charge is 2.48. The fourth-order valence-electron chi connectivity index (χ4n) is 2.08. The van der Waals surface area contributed by atoms with E-state index >= 15 is 0 Å². The highest BCUT2D eigenvalue weighted by Crippen LogP contribution is 2.31. The van der Waals surface area contributed by atoms with Crippen LogP contribution >= 0.6 is 0 Å². The van der Waals surface area contributed by atoms with E-state index in [2.05, 4.69) is 0 Å². The van der Waals surface area contributed by atoms with E-state index in [1.807, 2.05) is 20.8 Å². The van der Waals surface area contributed by atoms with Gasteiger partial charge in [-0.15, -0.1) is 0 Å². The van der Waals surface area contributed by atoms with Gasteiger partial charge in [-0.2, -0.15) is 0 Å². The lowest BCUT2D eigenvalue weighted by molar-refractivity contribution is -0.345. The van der Waals surface area contributed by atoms with Crippen LogP contribution in [0.1, 0.15) is 20.8 Å². The number of hydrogen-bond acceptors (Lipinski definition) is 5. The van der Waals surface area contributed by atoms with Crippen LogP contribution in [0.5, 0.6) is 0 Å². The topological polar surface area (TPSA) is 73.9 Å². The number of ether oxygens (including phenoxy) is 3. The smallest absolute Gasteiger partial charge is 0.163 e. The van der Waals surface area contributed by atoms with Crippen molar-refractivity contribution >= 4 is 0 Å². The summed E-state index contributed by atoms with van der Waals surface area (Å²) >= 11 is 0. The largest absolute Gasteiger partial charge is 0.389 e. The van der Waals surface area contributed by atoms with Crippen LogP contribution < -0.4 is 5.73 Å². The van der Waals surface area contributed by atoms with Gasteiger partial charge in [0.1, 0.15) is 18.3 Å². The molecule has 5 nitrogen and oxygen atoms in total. The molecule has 0 amide bonds. The van der Waals surface area contributed by atoms with Crippen molar-refractivity contribution in [2.45, 2.75) is 57.0 Å². The predicted octanol–water partition coefficient (Wildman–Crippen LogP) is -0.387. The summed E-state index contributed by atoms with van der Waals surface area (Å²) in [5.74, 6) is -0.675. The number of aliphatic hydroxyl groups is 1. The van der Waals surface area contributed by atoms with Crippen LogP contribution in [0.15, 0.2) is 0 Å². The maximum absolute atomic E-state index is 9.99. The van der Waals surface area contributed by atoms with Crippen LogP contribution in [-0.4, -0.2) is 48.0 Å². The zero-order chi connectivity index (χ0) is 11.2. The van der Waals surface area contributed by atoms with Gasteiger partial charge in [-0.1, -0.05) is 0 Å². The Morgan fingerprint density at radius 3 is 2.73 bits per heavy atom. The third-order valence-corrected chi connectivity index (χ3v) is 3.04. The molecular formula is C10H19NO4. The van der Waals surface area contributed by atoms with Crippen molar-refractivity contribution in [1.82, 2.24) is 0 Å². The van der Waals surface area contributed by atoms with Crippen molar-refractivity contribution in [2.24, 2.45) is 5.73 Å². The molecule has 3 N–H and O–H groups in total. The first-order chi connectivity index (χ1) is 6.91. The number of aliphatic hydroxyl groups excluding tert-OH is 1. The van der Waals surface area contributed by atoms with Gasteiger partial charge in [0.15, 0.2) is 5.79 Å². The molecule has 0 bridgehead atoms. The molecule has 0 aromatic heterocycles. The summed E-state index contributed by atoms with van der Waals surface area (Å²) in [5, 5.41) is 9.99. The van der Waals surface area contributed by atoms with Crippen molar-refractivity contribution in [2.75, 3.05) is 6.61 Å². The van der Waals surface area contributed by atoms with Gasteiger partial charge in [-0.05, 0) is 20.8 Å². The van der Waals surface area contributed by atoms with Crippen molar-refractivity contribution in [1.29, 1.82) is 0 Å². The van der Waals surface area contributed by atoms with E-state index in [0.717, 1.165) is 0 Å². The molecule has 0 radical (unpaired) electrons. The Balaban J connectivity index is 2.12.